The summed E-state index contributed by atoms with van der Waals surface area (Å²) >= 11 is 7.14. The number of likely N-dealkylation sites (tertiary alicyclic amines) is 1. The van der Waals surface area contributed by atoms with E-state index >= 15 is 0 Å². The predicted octanol–water partition coefficient (Wildman–Crippen LogP) is 1.41. The van der Waals surface area contributed by atoms with Gasteiger partial charge in [0.2, 0.25) is 5.91 Å². The Morgan fingerprint density at radius 3 is 2.88 bits per heavy atom. The first-order chi connectivity index (χ1) is 8.19. The molecule has 0 aromatic carbocycles. The van der Waals surface area contributed by atoms with Crippen LogP contribution in [0.5, 0.6) is 0 Å². The van der Waals surface area contributed by atoms with Gasteiger partial charge in [-0.25, -0.2) is 4.98 Å². The first-order valence-electron chi connectivity index (χ1n) is 5.64. The Morgan fingerprint density at radius 2 is 2.29 bits per heavy atom. The molecule has 94 valence electrons. The van der Waals surface area contributed by atoms with Crippen molar-refractivity contribution in [2.45, 2.75) is 31.2 Å². The van der Waals surface area contributed by atoms with Gasteiger partial charge < -0.3 is 10.0 Å². The highest BCUT2D eigenvalue weighted by atomic mass is 35.5. The van der Waals surface area contributed by atoms with Crippen molar-refractivity contribution in [2.24, 2.45) is 0 Å². The van der Waals surface area contributed by atoms with E-state index in [9.17, 15) is 9.90 Å². The molecule has 1 aromatic rings. The Labute approximate surface area is 109 Å². The van der Waals surface area contributed by atoms with Gasteiger partial charge in [0.05, 0.1) is 24.1 Å². The number of halogens is 1. The predicted molar refractivity (Wildman–Crippen MR) is 67.2 cm³/mol. The Kier molecular flexibility index (Phi) is 4.36. The van der Waals surface area contributed by atoms with Crippen molar-refractivity contribution in [3.8, 4) is 0 Å². The van der Waals surface area contributed by atoms with Gasteiger partial charge in [0, 0.05) is 18.5 Å². The molecule has 2 heterocycles. The highest BCUT2D eigenvalue weighted by Gasteiger charge is 2.21. The molecule has 1 saturated heterocycles. The molecule has 0 bridgehead atoms. The number of hydrogen-bond donors (Lipinski definition) is 1. The maximum absolute atomic E-state index is 11.9. The van der Waals surface area contributed by atoms with E-state index in [0.29, 0.717) is 38.2 Å². The van der Waals surface area contributed by atoms with E-state index < -0.39 is 0 Å². The number of aliphatic hydroxyl groups is 1. The molecule has 1 amide bonds. The van der Waals surface area contributed by atoms with Crippen LogP contribution in [0.1, 0.15) is 23.5 Å². The van der Waals surface area contributed by atoms with E-state index in [0.717, 1.165) is 10.7 Å². The first-order valence-corrected chi connectivity index (χ1v) is 7.05. The van der Waals surface area contributed by atoms with Crippen LogP contribution < -0.4 is 0 Å². The van der Waals surface area contributed by atoms with Crippen LogP contribution in [0, 0.1) is 0 Å². The maximum Gasteiger partial charge on any atom is 0.229 e. The molecule has 0 saturated carbocycles. The average Bonchev–Trinajstić information content (AvgIpc) is 2.77. The highest BCUT2D eigenvalue weighted by molar-refractivity contribution is 7.09. The van der Waals surface area contributed by atoms with Crippen LogP contribution in [0.4, 0.5) is 0 Å². The number of alkyl halides is 1. The van der Waals surface area contributed by atoms with Gasteiger partial charge in [-0.2, -0.15) is 0 Å². The number of aliphatic hydroxyl groups excluding tert-OH is 1. The summed E-state index contributed by atoms with van der Waals surface area (Å²) in [6.45, 7) is 1.29. The molecule has 6 heteroatoms. The number of thiazole rings is 1. The Morgan fingerprint density at radius 1 is 1.59 bits per heavy atom. The zero-order chi connectivity index (χ0) is 12.3. The molecule has 4 nitrogen and oxygen atoms in total. The Balaban J connectivity index is 1.88. The minimum absolute atomic E-state index is 0.0902. The van der Waals surface area contributed by atoms with Crippen LogP contribution in [-0.2, 0) is 17.1 Å². The summed E-state index contributed by atoms with van der Waals surface area (Å²) in [5.41, 5.74) is 0.827. The molecule has 0 unspecified atom stereocenters. The van der Waals surface area contributed by atoms with Crippen molar-refractivity contribution in [3.63, 3.8) is 0 Å². The van der Waals surface area contributed by atoms with Crippen LogP contribution in [0.2, 0.25) is 0 Å². The van der Waals surface area contributed by atoms with Gasteiger partial charge in [0.1, 0.15) is 5.01 Å². The van der Waals surface area contributed by atoms with Crippen molar-refractivity contribution in [1.82, 2.24) is 9.88 Å². The number of carbonyl (C=O) groups is 1. The molecular formula is C11H15ClN2O2S. The molecule has 1 N–H and O–H groups in total. The molecule has 0 radical (unpaired) electrons. The van der Waals surface area contributed by atoms with Gasteiger partial charge >= 0.3 is 0 Å². The molecule has 1 aromatic heterocycles. The van der Waals surface area contributed by atoms with Crippen LogP contribution >= 0.6 is 22.9 Å². The Bertz CT molecular complexity index is 389. The first kappa shape index (κ1) is 12.8. The van der Waals surface area contributed by atoms with Gasteiger partial charge in [-0.15, -0.1) is 22.9 Å². The summed E-state index contributed by atoms with van der Waals surface area (Å²) < 4.78 is 0. The lowest BCUT2D eigenvalue weighted by molar-refractivity contribution is -0.132. The van der Waals surface area contributed by atoms with Crippen LogP contribution in [0.3, 0.4) is 0 Å². The second-order valence-corrected chi connectivity index (χ2v) is 5.36. The molecule has 1 aliphatic rings. The lowest BCUT2D eigenvalue weighted by Gasteiger charge is -2.29. The smallest absolute Gasteiger partial charge is 0.229 e. The number of hydrogen-bond acceptors (Lipinski definition) is 4. The van der Waals surface area contributed by atoms with Gasteiger partial charge in [-0.3, -0.25) is 4.79 Å². The monoisotopic (exact) mass is 274 g/mol. The second kappa shape index (κ2) is 5.80. The summed E-state index contributed by atoms with van der Waals surface area (Å²) in [7, 11) is 0. The summed E-state index contributed by atoms with van der Waals surface area (Å²) in [6.07, 6.45) is 1.45. The van der Waals surface area contributed by atoms with Gasteiger partial charge in [-0.1, -0.05) is 0 Å². The van der Waals surface area contributed by atoms with Crippen molar-refractivity contribution in [3.05, 3.63) is 16.1 Å². The van der Waals surface area contributed by atoms with Gasteiger partial charge in [-0.05, 0) is 12.8 Å². The maximum atomic E-state index is 11.9. The van der Waals surface area contributed by atoms with Crippen molar-refractivity contribution >= 4 is 28.8 Å². The van der Waals surface area contributed by atoms with Crippen molar-refractivity contribution < 1.29 is 9.90 Å². The third-order valence-electron chi connectivity index (χ3n) is 2.86. The molecule has 17 heavy (non-hydrogen) atoms. The van der Waals surface area contributed by atoms with E-state index in [1.54, 1.807) is 4.90 Å². The molecular weight excluding hydrogens is 260 g/mol. The van der Waals surface area contributed by atoms with Crippen LogP contribution in [0.15, 0.2) is 5.38 Å². The van der Waals surface area contributed by atoms with E-state index in [4.69, 9.17) is 11.6 Å². The summed E-state index contributed by atoms with van der Waals surface area (Å²) in [4.78, 5) is 18.0. The number of amides is 1. The highest BCUT2D eigenvalue weighted by Crippen LogP contribution is 2.15. The van der Waals surface area contributed by atoms with E-state index in [-0.39, 0.29) is 12.0 Å². The zero-order valence-corrected chi connectivity index (χ0v) is 11.0. The summed E-state index contributed by atoms with van der Waals surface area (Å²) in [5, 5.41) is 12.1. The molecule has 1 aliphatic heterocycles. The summed E-state index contributed by atoms with van der Waals surface area (Å²) in [6, 6.07) is 0. The molecule has 2 rings (SSSR count). The fourth-order valence-electron chi connectivity index (χ4n) is 1.85. The number of nitrogens with zero attached hydrogens (tertiary/aromatic N) is 2. The van der Waals surface area contributed by atoms with Crippen molar-refractivity contribution in [2.75, 3.05) is 13.1 Å². The number of aromatic nitrogens is 1. The normalized spacial score (nSPS) is 17.4. The van der Waals surface area contributed by atoms with Crippen LogP contribution in [-0.4, -0.2) is 40.1 Å². The fourth-order valence-corrected chi connectivity index (χ4v) is 2.86. The summed E-state index contributed by atoms with van der Waals surface area (Å²) in [5.74, 6) is 0.480. The standard InChI is InChI=1S/C11H15ClN2O2S/c12-6-8-7-17-10(13-8)5-11(16)14-3-1-9(15)2-4-14/h7,9,15H,1-6H2. The van der Waals surface area contributed by atoms with E-state index in [2.05, 4.69) is 4.98 Å². The number of piperidine rings is 1. The van der Waals surface area contributed by atoms with E-state index in [1.807, 2.05) is 5.38 Å². The minimum atomic E-state index is -0.248. The third-order valence-corrected chi connectivity index (χ3v) is 4.03. The number of carbonyl (C=O) groups excluding carboxylic acids is 1. The van der Waals surface area contributed by atoms with Gasteiger partial charge in [0.15, 0.2) is 0 Å². The molecule has 0 aliphatic carbocycles. The lowest BCUT2D eigenvalue weighted by Crippen LogP contribution is -2.40. The topological polar surface area (TPSA) is 53.4 Å². The third kappa shape index (κ3) is 3.40. The fraction of sp³-hybridized carbons (Fsp3) is 0.636. The van der Waals surface area contributed by atoms with Crippen molar-refractivity contribution in [1.29, 1.82) is 0 Å². The quantitative estimate of drug-likeness (QED) is 0.848. The van der Waals surface area contributed by atoms with Gasteiger partial charge in [0.25, 0.3) is 0 Å². The molecule has 0 spiro atoms. The lowest BCUT2D eigenvalue weighted by atomic mass is 10.1. The Hall–Kier alpha value is -0.650. The molecule has 1 fully saturated rings. The minimum Gasteiger partial charge on any atom is -0.393 e. The number of rotatable bonds is 3. The van der Waals surface area contributed by atoms with Crippen LogP contribution in [0.25, 0.3) is 0 Å². The molecule has 0 atom stereocenters. The van der Waals surface area contributed by atoms with E-state index in [1.165, 1.54) is 11.3 Å². The second-order valence-electron chi connectivity index (χ2n) is 4.15. The SMILES string of the molecule is O=C(Cc1nc(CCl)cs1)N1CCC(O)CC1. The zero-order valence-electron chi connectivity index (χ0n) is 9.43. The largest absolute Gasteiger partial charge is 0.393 e. The average molecular weight is 275 g/mol.